The highest BCUT2D eigenvalue weighted by molar-refractivity contribution is 7.86. The molecule has 0 radical (unpaired) electrons. The van der Waals surface area contributed by atoms with E-state index < -0.39 is 10.1 Å². The largest absolute Gasteiger partial charge is 0.398 e. The van der Waals surface area contributed by atoms with E-state index in [1.807, 2.05) is 62.4 Å². The Balaban J connectivity index is 1.59. The summed E-state index contributed by atoms with van der Waals surface area (Å²) in [5, 5.41) is 21.1. The lowest BCUT2D eigenvalue weighted by Crippen LogP contribution is -1.98. The zero-order chi connectivity index (χ0) is 27.0. The summed E-state index contributed by atoms with van der Waals surface area (Å²) in [6.07, 6.45) is 0. The highest BCUT2D eigenvalue weighted by Crippen LogP contribution is 2.38. The summed E-state index contributed by atoms with van der Waals surface area (Å²) in [5.41, 5.74) is 11.7. The molecule has 0 saturated carbocycles. The van der Waals surface area contributed by atoms with E-state index in [0.717, 1.165) is 38.2 Å². The third-order valence-electron chi connectivity index (χ3n) is 6.31. The van der Waals surface area contributed by atoms with Crippen molar-refractivity contribution >= 4 is 60.1 Å². The number of rotatable bonds is 5. The Labute approximate surface area is 220 Å². The van der Waals surface area contributed by atoms with Gasteiger partial charge in [0.1, 0.15) is 10.6 Å². The Morgan fingerprint density at radius 1 is 0.632 bits per heavy atom. The average molecular weight is 524 g/mol. The van der Waals surface area contributed by atoms with Crippen molar-refractivity contribution in [3.05, 3.63) is 95.6 Å². The third kappa shape index (κ3) is 4.89. The summed E-state index contributed by atoms with van der Waals surface area (Å²) >= 11 is 0. The van der Waals surface area contributed by atoms with Crippen LogP contribution in [0.2, 0.25) is 0 Å². The first-order valence-corrected chi connectivity index (χ1v) is 13.3. The molecule has 0 unspecified atom stereocenters. The van der Waals surface area contributed by atoms with Crippen LogP contribution in [0.4, 0.5) is 28.4 Å². The summed E-state index contributed by atoms with van der Waals surface area (Å²) in [6.45, 7) is 5.78. The zero-order valence-corrected chi connectivity index (χ0v) is 21.9. The smallest absolute Gasteiger partial charge is 0.296 e. The van der Waals surface area contributed by atoms with Crippen molar-refractivity contribution in [3.63, 3.8) is 0 Å². The third-order valence-corrected chi connectivity index (χ3v) is 7.21. The maximum atomic E-state index is 11.8. The van der Waals surface area contributed by atoms with Crippen molar-refractivity contribution in [2.24, 2.45) is 20.5 Å². The van der Waals surface area contributed by atoms with Crippen LogP contribution in [0.25, 0.3) is 21.5 Å². The molecule has 5 rings (SSSR count). The van der Waals surface area contributed by atoms with Crippen LogP contribution < -0.4 is 5.73 Å². The van der Waals surface area contributed by atoms with Gasteiger partial charge < -0.3 is 5.73 Å². The van der Waals surface area contributed by atoms with Gasteiger partial charge in [0.15, 0.2) is 0 Å². The number of anilines is 1. The standard InChI is InChI=1S/C29H25N5O3S/c1-17-7-9-20-22(15-17)26(33-34-27-16-18(2)8-14-28(27)38(35,36)37)13-12-24(20)31-32-25-11-10-23(30)29-19(3)5-4-6-21(25)29/h4-16H,30H2,1-3H3,(H,35,36,37). The molecule has 38 heavy (non-hydrogen) atoms. The fourth-order valence-corrected chi connectivity index (χ4v) is 5.04. The van der Waals surface area contributed by atoms with Gasteiger partial charge in [-0.2, -0.15) is 8.42 Å². The summed E-state index contributed by atoms with van der Waals surface area (Å²) in [6, 6.07) is 23.5. The molecule has 0 bridgehead atoms. The first-order chi connectivity index (χ1) is 18.1. The number of nitrogens with two attached hydrogens (primary N) is 1. The van der Waals surface area contributed by atoms with Crippen molar-refractivity contribution < 1.29 is 13.0 Å². The van der Waals surface area contributed by atoms with Gasteiger partial charge in [-0.3, -0.25) is 4.55 Å². The lowest BCUT2D eigenvalue weighted by Gasteiger charge is -2.08. The lowest BCUT2D eigenvalue weighted by atomic mass is 10.0. The zero-order valence-electron chi connectivity index (χ0n) is 21.0. The summed E-state index contributed by atoms with van der Waals surface area (Å²) in [7, 11) is -4.45. The second-order valence-electron chi connectivity index (χ2n) is 9.17. The van der Waals surface area contributed by atoms with Crippen molar-refractivity contribution in [1.29, 1.82) is 0 Å². The molecule has 3 N–H and O–H groups in total. The maximum Gasteiger partial charge on any atom is 0.296 e. The quantitative estimate of drug-likeness (QED) is 0.136. The van der Waals surface area contributed by atoms with Gasteiger partial charge >= 0.3 is 0 Å². The SMILES string of the molecule is Cc1ccc(S(=O)(=O)O)c(N=Nc2ccc(N=Nc3ccc(N)c4c(C)cccc34)c3ccc(C)cc23)c1. The van der Waals surface area contributed by atoms with Crippen LogP contribution in [0, 0.1) is 20.8 Å². The molecular formula is C29H25N5O3S. The minimum absolute atomic E-state index is 0.0580. The van der Waals surface area contributed by atoms with Crippen LogP contribution in [0.3, 0.4) is 0 Å². The average Bonchev–Trinajstić information content (AvgIpc) is 2.86. The number of hydrogen-bond acceptors (Lipinski definition) is 7. The molecule has 5 aromatic carbocycles. The fraction of sp³-hybridized carbons (Fsp3) is 0.103. The van der Waals surface area contributed by atoms with Crippen molar-refractivity contribution in [1.82, 2.24) is 0 Å². The topological polar surface area (TPSA) is 130 Å². The van der Waals surface area contributed by atoms with Gasteiger partial charge in [0.05, 0.1) is 17.1 Å². The normalized spacial score (nSPS) is 12.3. The van der Waals surface area contributed by atoms with Crippen LogP contribution in [0.1, 0.15) is 16.7 Å². The van der Waals surface area contributed by atoms with E-state index in [-0.39, 0.29) is 10.6 Å². The highest BCUT2D eigenvalue weighted by atomic mass is 32.2. The number of benzene rings is 5. The molecule has 0 aliphatic rings. The van der Waals surface area contributed by atoms with E-state index in [0.29, 0.717) is 22.7 Å². The van der Waals surface area contributed by atoms with Gasteiger partial charge in [-0.05, 0) is 74.4 Å². The van der Waals surface area contributed by atoms with Gasteiger partial charge in [0.25, 0.3) is 10.1 Å². The number of azo groups is 2. The molecule has 5 aromatic rings. The van der Waals surface area contributed by atoms with Gasteiger partial charge in [-0.25, -0.2) is 0 Å². The Morgan fingerprint density at radius 3 is 1.92 bits per heavy atom. The van der Waals surface area contributed by atoms with Gasteiger partial charge in [-0.1, -0.05) is 42.0 Å². The Hall–Kier alpha value is -4.47. The first kappa shape index (κ1) is 25.2. The summed E-state index contributed by atoms with van der Waals surface area (Å²) < 4.78 is 33.2. The number of aryl methyl sites for hydroxylation is 3. The number of nitrogen functional groups attached to an aromatic ring is 1. The van der Waals surface area contributed by atoms with Crippen LogP contribution in [0.15, 0.2) is 104 Å². The minimum Gasteiger partial charge on any atom is -0.398 e. The Morgan fingerprint density at radius 2 is 1.21 bits per heavy atom. The lowest BCUT2D eigenvalue weighted by molar-refractivity contribution is 0.483. The molecule has 0 spiro atoms. The predicted octanol–water partition coefficient (Wildman–Crippen LogP) is 8.58. The van der Waals surface area contributed by atoms with Crippen molar-refractivity contribution in [2.75, 3.05) is 5.73 Å². The first-order valence-electron chi connectivity index (χ1n) is 11.8. The minimum atomic E-state index is -4.45. The van der Waals surface area contributed by atoms with Gasteiger partial charge in [0, 0.05) is 27.2 Å². The van der Waals surface area contributed by atoms with Crippen LogP contribution in [-0.2, 0) is 10.1 Å². The molecule has 0 heterocycles. The molecule has 0 fully saturated rings. The Kier molecular flexibility index (Phi) is 6.48. The monoisotopic (exact) mass is 523 g/mol. The number of fused-ring (bicyclic) bond motifs is 2. The van der Waals surface area contributed by atoms with E-state index in [1.54, 1.807) is 31.2 Å². The highest BCUT2D eigenvalue weighted by Gasteiger charge is 2.16. The number of nitrogens with zero attached hydrogens (tertiary/aromatic N) is 4. The van der Waals surface area contributed by atoms with Crippen LogP contribution in [0.5, 0.6) is 0 Å². The molecule has 0 atom stereocenters. The predicted molar refractivity (Wildman–Crippen MR) is 151 cm³/mol. The second-order valence-corrected chi connectivity index (χ2v) is 10.6. The molecule has 190 valence electrons. The van der Waals surface area contributed by atoms with Gasteiger partial charge in [0.2, 0.25) is 0 Å². The van der Waals surface area contributed by atoms with Gasteiger partial charge in [-0.15, -0.1) is 20.5 Å². The molecule has 9 heteroatoms. The fourth-order valence-electron chi connectivity index (χ4n) is 4.44. The van der Waals surface area contributed by atoms with Crippen molar-refractivity contribution in [2.45, 2.75) is 25.7 Å². The van der Waals surface area contributed by atoms with Crippen LogP contribution >= 0.6 is 0 Å². The molecule has 0 saturated heterocycles. The maximum absolute atomic E-state index is 11.8. The summed E-state index contributed by atoms with van der Waals surface area (Å²) in [5.74, 6) is 0. The molecule has 8 nitrogen and oxygen atoms in total. The van der Waals surface area contributed by atoms with Crippen molar-refractivity contribution in [3.8, 4) is 0 Å². The van der Waals surface area contributed by atoms with E-state index in [1.165, 1.54) is 6.07 Å². The molecule has 0 aromatic heterocycles. The van der Waals surface area contributed by atoms with E-state index in [2.05, 4.69) is 20.5 Å². The Bertz CT molecular complexity index is 1890. The second kappa shape index (κ2) is 9.77. The van der Waals surface area contributed by atoms with Crippen LogP contribution in [-0.4, -0.2) is 13.0 Å². The van der Waals surface area contributed by atoms with E-state index in [9.17, 15) is 13.0 Å². The van der Waals surface area contributed by atoms with E-state index in [4.69, 9.17) is 5.73 Å². The molecule has 0 amide bonds. The molecular weight excluding hydrogens is 498 g/mol. The summed E-state index contributed by atoms with van der Waals surface area (Å²) in [4.78, 5) is -0.302. The number of hydrogen-bond donors (Lipinski definition) is 2. The van der Waals surface area contributed by atoms with E-state index >= 15 is 0 Å². The molecule has 0 aliphatic heterocycles. The molecule has 0 aliphatic carbocycles.